The summed E-state index contributed by atoms with van der Waals surface area (Å²) in [5.74, 6) is -0.0703. The molecular weight excluding hydrogens is 226 g/mol. The highest BCUT2D eigenvalue weighted by atomic mass is 16.1. The van der Waals surface area contributed by atoms with Crippen LogP contribution in [0.25, 0.3) is 0 Å². The zero-order chi connectivity index (χ0) is 13.0. The van der Waals surface area contributed by atoms with Crippen molar-refractivity contribution in [2.75, 3.05) is 25.4 Å². The van der Waals surface area contributed by atoms with Gasteiger partial charge in [0.2, 0.25) is 5.91 Å². The van der Waals surface area contributed by atoms with Crippen LogP contribution in [0.5, 0.6) is 0 Å². The number of hydrogen-bond donors (Lipinski definition) is 2. The van der Waals surface area contributed by atoms with E-state index < -0.39 is 0 Å². The number of likely N-dealkylation sites (tertiary alicyclic amines) is 1. The monoisotopic (exact) mass is 247 g/mol. The summed E-state index contributed by atoms with van der Waals surface area (Å²) in [5, 5.41) is 0. The Balaban J connectivity index is 1.77. The molecule has 1 aliphatic heterocycles. The third kappa shape index (κ3) is 3.47. The van der Waals surface area contributed by atoms with E-state index >= 15 is 0 Å². The van der Waals surface area contributed by atoms with Crippen LogP contribution in [-0.4, -0.2) is 30.4 Å². The molecule has 0 saturated carbocycles. The standard InChI is InChI=1S/C14H21N3O/c15-13-3-1-2-11(10-13)4-7-17-8-5-12(6-9-17)14(16)18/h1-3,10,12H,4-9,15H2,(H2,16,18). The molecule has 1 aromatic carbocycles. The third-order valence-electron chi connectivity index (χ3n) is 3.66. The molecule has 0 unspecified atom stereocenters. The van der Waals surface area contributed by atoms with Gasteiger partial charge in [-0.05, 0) is 50.0 Å². The summed E-state index contributed by atoms with van der Waals surface area (Å²) in [6.45, 7) is 2.96. The minimum Gasteiger partial charge on any atom is -0.399 e. The number of rotatable bonds is 4. The van der Waals surface area contributed by atoms with Crippen LogP contribution in [0.1, 0.15) is 18.4 Å². The average molecular weight is 247 g/mol. The number of nitrogens with zero attached hydrogens (tertiary/aromatic N) is 1. The maximum Gasteiger partial charge on any atom is 0.220 e. The Labute approximate surface area is 108 Å². The summed E-state index contributed by atoms with van der Waals surface area (Å²) in [7, 11) is 0. The maximum absolute atomic E-state index is 11.1. The minimum atomic E-state index is -0.148. The van der Waals surface area contributed by atoms with Gasteiger partial charge in [0.05, 0.1) is 0 Å². The van der Waals surface area contributed by atoms with E-state index in [1.807, 2.05) is 18.2 Å². The molecule has 0 radical (unpaired) electrons. The molecule has 4 nitrogen and oxygen atoms in total. The number of amides is 1. The second kappa shape index (κ2) is 5.87. The molecular formula is C14H21N3O. The molecule has 1 aliphatic rings. The normalized spacial score (nSPS) is 17.8. The summed E-state index contributed by atoms with van der Waals surface area (Å²) in [6.07, 6.45) is 2.80. The summed E-state index contributed by atoms with van der Waals surface area (Å²) >= 11 is 0. The second-order valence-corrected chi connectivity index (χ2v) is 5.01. The van der Waals surface area contributed by atoms with Gasteiger partial charge in [0.15, 0.2) is 0 Å². The lowest BCUT2D eigenvalue weighted by Crippen LogP contribution is -2.39. The topological polar surface area (TPSA) is 72.4 Å². The fourth-order valence-corrected chi connectivity index (χ4v) is 2.48. The summed E-state index contributed by atoms with van der Waals surface area (Å²) in [6, 6.07) is 8.02. The van der Waals surface area contributed by atoms with E-state index in [1.165, 1.54) is 5.56 Å². The first-order valence-electron chi connectivity index (χ1n) is 6.51. The first kappa shape index (κ1) is 12.9. The number of hydrogen-bond acceptors (Lipinski definition) is 3. The van der Waals surface area contributed by atoms with Crippen LogP contribution in [0.4, 0.5) is 5.69 Å². The zero-order valence-corrected chi connectivity index (χ0v) is 10.6. The predicted octanol–water partition coefficient (Wildman–Crippen LogP) is 1.01. The van der Waals surface area contributed by atoms with Gasteiger partial charge in [-0.3, -0.25) is 4.79 Å². The Morgan fingerprint density at radius 1 is 1.33 bits per heavy atom. The van der Waals surface area contributed by atoms with Gasteiger partial charge in [-0.1, -0.05) is 12.1 Å². The van der Waals surface area contributed by atoms with Crippen molar-refractivity contribution >= 4 is 11.6 Å². The summed E-state index contributed by atoms with van der Waals surface area (Å²) < 4.78 is 0. The van der Waals surface area contributed by atoms with Crippen LogP contribution in [0, 0.1) is 5.92 Å². The van der Waals surface area contributed by atoms with Crippen molar-refractivity contribution < 1.29 is 4.79 Å². The Kier molecular flexibility index (Phi) is 4.20. The minimum absolute atomic E-state index is 0.0774. The molecule has 1 fully saturated rings. The average Bonchev–Trinajstić information content (AvgIpc) is 2.37. The molecule has 18 heavy (non-hydrogen) atoms. The highest BCUT2D eigenvalue weighted by molar-refractivity contribution is 5.76. The van der Waals surface area contributed by atoms with Crippen molar-refractivity contribution in [2.24, 2.45) is 11.7 Å². The SMILES string of the molecule is NC(=O)C1CCN(CCc2cccc(N)c2)CC1. The van der Waals surface area contributed by atoms with Crippen molar-refractivity contribution in [3.8, 4) is 0 Å². The number of nitrogens with two attached hydrogens (primary N) is 2. The van der Waals surface area contributed by atoms with Gasteiger partial charge in [0, 0.05) is 18.2 Å². The van der Waals surface area contributed by atoms with Crippen molar-refractivity contribution in [3.63, 3.8) is 0 Å². The number of carbonyl (C=O) groups is 1. The number of piperidine rings is 1. The van der Waals surface area contributed by atoms with Crippen molar-refractivity contribution in [1.82, 2.24) is 4.90 Å². The van der Waals surface area contributed by atoms with Gasteiger partial charge in [0.25, 0.3) is 0 Å². The van der Waals surface area contributed by atoms with E-state index in [4.69, 9.17) is 11.5 Å². The van der Waals surface area contributed by atoms with Crippen molar-refractivity contribution in [3.05, 3.63) is 29.8 Å². The fraction of sp³-hybridized carbons (Fsp3) is 0.500. The van der Waals surface area contributed by atoms with Gasteiger partial charge in [0.1, 0.15) is 0 Å². The lowest BCUT2D eigenvalue weighted by Gasteiger charge is -2.30. The first-order valence-corrected chi connectivity index (χ1v) is 6.51. The van der Waals surface area contributed by atoms with E-state index in [1.54, 1.807) is 0 Å². The molecule has 0 bridgehead atoms. The lowest BCUT2D eigenvalue weighted by molar-refractivity contribution is -0.123. The van der Waals surface area contributed by atoms with Gasteiger partial charge in [-0.2, -0.15) is 0 Å². The maximum atomic E-state index is 11.1. The third-order valence-corrected chi connectivity index (χ3v) is 3.66. The second-order valence-electron chi connectivity index (χ2n) is 5.01. The van der Waals surface area contributed by atoms with Crippen molar-refractivity contribution in [2.45, 2.75) is 19.3 Å². The first-order chi connectivity index (χ1) is 8.65. The quantitative estimate of drug-likeness (QED) is 0.780. The molecule has 0 atom stereocenters. The Morgan fingerprint density at radius 3 is 2.67 bits per heavy atom. The molecule has 2 rings (SSSR count). The molecule has 0 aliphatic carbocycles. The van der Waals surface area contributed by atoms with Gasteiger partial charge >= 0.3 is 0 Å². The van der Waals surface area contributed by atoms with Crippen LogP contribution in [0.2, 0.25) is 0 Å². The van der Waals surface area contributed by atoms with E-state index in [2.05, 4.69) is 11.0 Å². The van der Waals surface area contributed by atoms with E-state index in [9.17, 15) is 4.79 Å². The molecule has 1 heterocycles. The van der Waals surface area contributed by atoms with Gasteiger partial charge in [-0.15, -0.1) is 0 Å². The lowest BCUT2D eigenvalue weighted by atomic mass is 9.96. The number of primary amides is 1. The van der Waals surface area contributed by atoms with E-state index in [0.29, 0.717) is 0 Å². The van der Waals surface area contributed by atoms with Crippen LogP contribution in [0.15, 0.2) is 24.3 Å². The Morgan fingerprint density at radius 2 is 2.06 bits per heavy atom. The molecule has 4 N–H and O–H groups in total. The highest BCUT2D eigenvalue weighted by Crippen LogP contribution is 2.17. The smallest absolute Gasteiger partial charge is 0.220 e. The summed E-state index contributed by atoms with van der Waals surface area (Å²) in [4.78, 5) is 13.5. The summed E-state index contributed by atoms with van der Waals surface area (Å²) in [5.41, 5.74) is 13.2. The number of benzene rings is 1. The largest absolute Gasteiger partial charge is 0.399 e. The molecule has 98 valence electrons. The molecule has 1 saturated heterocycles. The van der Waals surface area contributed by atoms with Crippen LogP contribution in [-0.2, 0) is 11.2 Å². The van der Waals surface area contributed by atoms with Crippen LogP contribution in [0.3, 0.4) is 0 Å². The molecule has 0 spiro atoms. The number of anilines is 1. The molecule has 0 aromatic heterocycles. The zero-order valence-electron chi connectivity index (χ0n) is 10.6. The fourth-order valence-electron chi connectivity index (χ4n) is 2.48. The number of carbonyl (C=O) groups excluding carboxylic acids is 1. The van der Waals surface area contributed by atoms with Gasteiger partial charge in [-0.25, -0.2) is 0 Å². The van der Waals surface area contributed by atoms with Gasteiger partial charge < -0.3 is 16.4 Å². The van der Waals surface area contributed by atoms with Crippen molar-refractivity contribution in [1.29, 1.82) is 0 Å². The van der Waals surface area contributed by atoms with E-state index in [-0.39, 0.29) is 11.8 Å². The molecule has 1 aromatic rings. The Hall–Kier alpha value is -1.55. The Bertz CT molecular complexity index is 411. The molecule has 4 heteroatoms. The molecule has 1 amide bonds. The highest BCUT2D eigenvalue weighted by Gasteiger charge is 2.22. The van der Waals surface area contributed by atoms with E-state index in [0.717, 1.165) is 44.6 Å². The van der Waals surface area contributed by atoms with Crippen LogP contribution < -0.4 is 11.5 Å². The number of nitrogen functional groups attached to an aromatic ring is 1. The van der Waals surface area contributed by atoms with Crippen LogP contribution >= 0.6 is 0 Å². The predicted molar refractivity (Wildman–Crippen MR) is 72.9 cm³/mol.